The van der Waals surface area contributed by atoms with E-state index in [0.29, 0.717) is 19.3 Å². The van der Waals surface area contributed by atoms with Crippen LogP contribution >= 0.6 is 15.9 Å². The van der Waals surface area contributed by atoms with Gasteiger partial charge in [0.15, 0.2) is 11.5 Å². The molecule has 2 aliphatic rings. The summed E-state index contributed by atoms with van der Waals surface area (Å²) in [6, 6.07) is 2.42. The van der Waals surface area contributed by atoms with E-state index in [1.54, 1.807) is 0 Å². The van der Waals surface area contributed by atoms with Crippen molar-refractivity contribution in [2.24, 2.45) is 0 Å². The molecule has 3 nitrogen and oxygen atoms in total. The van der Waals surface area contributed by atoms with Gasteiger partial charge in [0.2, 0.25) is 0 Å². The van der Waals surface area contributed by atoms with Crippen molar-refractivity contribution in [3.05, 3.63) is 21.7 Å². The number of piperidine rings is 1. The molecule has 1 atom stereocenters. The number of hydrogen-bond donors (Lipinski definition) is 1. The molecule has 0 amide bonds. The highest BCUT2D eigenvalue weighted by Gasteiger charge is 2.26. The zero-order valence-corrected chi connectivity index (χ0v) is 12.2. The van der Waals surface area contributed by atoms with Crippen LogP contribution in [0.25, 0.3) is 0 Å². The quantitative estimate of drug-likeness (QED) is 0.863. The first-order chi connectivity index (χ1) is 8.77. The van der Waals surface area contributed by atoms with E-state index in [0.717, 1.165) is 22.5 Å². The van der Waals surface area contributed by atoms with Crippen molar-refractivity contribution >= 4 is 15.9 Å². The van der Waals surface area contributed by atoms with Crippen molar-refractivity contribution in [3.8, 4) is 11.5 Å². The average Bonchev–Trinajstić information content (AvgIpc) is 2.41. The standard InChI is InChI=1S/C14H18BrNO2/c1-9-10(15)8-12-14(18-7-6-17-12)13(9)11-4-2-3-5-16-11/h8,11,16H,2-7H2,1H3. The van der Waals surface area contributed by atoms with E-state index >= 15 is 0 Å². The van der Waals surface area contributed by atoms with E-state index in [2.05, 4.69) is 28.2 Å². The third kappa shape index (κ3) is 2.12. The Bertz CT molecular complexity index is 456. The Kier molecular flexibility index (Phi) is 3.48. The Labute approximate surface area is 116 Å². The molecule has 2 heterocycles. The number of nitrogens with one attached hydrogen (secondary N) is 1. The summed E-state index contributed by atoms with van der Waals surface area (Å²) in [7, 11) is 0. The van der Waals surface area contributed by atoms with Gasteiger partial charge in [-0.3, -0.25) is 0 Å². The van der Waals surface area contributed by atoms with Crippen LogP contribution in [0.1, 0.15) is 36.4 Å². The van der Waals surface area contributed by atoms with Crippen LogP contribution in [-0.4, -0.2) is 19.8 Å². The molecule has 18 heavy (non-hydrogen) atoms. The van der Waals surface area contributed by atoms with Gasteiger partial charge in [-0.15, -0.1) is 0 Å². The number of benzene rings is 1. The van der Waals surface area contributed by atoms with Crippen LogP contribution in [0.3, 0.4) is 0 Å². The summed E-state index contributed by atoms with van der Waals surface area (Å²) in [5.74, 6) is 1.82. The lowest BCUT2D eigenvalue weighted by Gasteiger charge is -2.30. The van der Waals surface area contributed by atoms with Crippen LogP contribution in [0, 0.1) is 6.92 Å². The second kappa shape index (κ2) is 5.10. The van der Waals surface area contributed by atoms with Crippen molar-refractivity contribution in [1.29, 1.82) is 0 Å². The number of fused-ring (bicyclic) bond motifs is 1. The maximum absolute atomic E-state index is 5.86. The summed E-state index contributed by atoms with van der Waals surface area (Å²) < 4.78 is 12.7. The van der Waals surface area contributed by atoms with Crippen LogP contribution in [-0.2, 0) is 0 Å². The van der Waals surface area contributed by atoms with E-state index < -0.39 is 0 Å². The first-order valence-corrected chi connectivity index (χ1v) is 7.38. The van der Waals surface area contributed by atoms with E-state index in [1.165, 1.54) is 30.4 Å². The monoisotopic (exact) mass is 311 g/mol. The normalized spacial score (nSPS) is 22.9. The van der Waals surface area contributed by atoms with Gasteiger partial charge in [0, 0.05) is 16.1 Å². The number of halogens is 1. The van der Waals surface area contributed by atoms with Crippen molar-refractivity contribution in [3.63, 3.8) is 0 Å². The fraction of sp³-hybridized carbons (Fsp3) is 0.571. The van der Waals surface area contributed by atoms with Gasteiger partial charge < -0.3 is 14.8 Å². The fourth-order valence-corrected chi connectivity index (χ4v) is 3.21. The lowest BCUT2D eigenvalue weighted by Crippen LogP contribution is -2.29. The van der Waals surface area contributed by atoms with Crippen molar-refractivity contribution in [2.45, 2.75) is 32.2 Å². The van der Waals surface area contributed by atoms with E-state index in [-0.39, 0.29) is 0 Å². The number of ether oxygens (including phenoxy) is 2. The topological polar surface area (TPSA) is 30.5 Å². The van der Waals surface area contributed by atoms with E-state index in [1.807, 2.05) is 6.07 Å². The first kappa shape index (κ1) is 12.3. The van der Waals surface area contributed by atoms with Gasteiger partial charge in [-0.2, -0.15) is 0 Å². The molecule has 1 aromatic rings. The highest BCUT2D eigenvalue weighted by atomic mass is 79.9. The molecule has 1 unspecified atom stereocenters. The van der Waals surface area contributed by atoms with Gasteiger partial charge in [0.1, 0.15) is 13.2 Å². The maximum atomic E-state index is 5.86. The third-order valence-corrected chi connectivity index (χ3v) is 4.56. The van der Waals surface area contributed by atoms with Crippen LogP contribution in [0.2, 0.25) is 0 Å². The average molecular weight is 312 g/mol. The van der Waals surface area contributed by atoms with Gasteiger partial charge in [0.25, 0.3) is 0 Å². The molecule has 98 valence electrons. The predicted octanol–water partition coefficient (Wildman–Crippen LogP) is 3.34. The highest BCUT2D eigenvalue weighted by Crippen LogP contribution is 2.44. The summed E-state index contributed by atoms with van der Waals surface area (Å²) in [6.45, 7) is 4.52. The van der Waals surface area contributed by atoms with Crippen LogP contribution in [0.4, 0.5) is 0 Å². The lowest BCUT2D eigenvalue weighted by atomic mass is 9.93. The molecule has 4 heteroatoms. The second-order valence-electron chi connectivity index (χ2n) is 4.92. The van der Waals surface area contributed by atoms with Crippen LogP contribution in [0.5, 0.6) is 11.5 Å². The molecule has 0 aliphatic carbocycles. The third-order valence-electron chi connectivity index (χ3n) is 3.73. The molecule has 1 saturated heterocycles. The predicted molar refractivity (Wildman–Crippen MR) is 74.5 cm³/mol. The summed E-state index contributed by atoms with van der Waals surface area (Å²) >= 11 is 3.63. The molecule has 0 saturated carbocycles. The first-order valence-electron chi connectivity index (χ1n) is 6.59. The second-order valence-corrected chi connectivity index (χ2v) is 5.78. The minimum atomic E-state index is 0.395. The fourth-order valence-electron chi connectivity index (χ4n) is 2.79. The van der Waals surface area contributed by atoms with Crippen LogP contribution < -0.4 is 14.8 Å². The molecule has 0 aromatic heterocycles. The SMILES string of the molecule is Cc1c(Br)cc2c(c1C1CCCCN1)OCCO2. The smallest absolute Gasteiger partial charge is 0.166 e. The Morgan fingerprint density at radius 1 is 1.28 bits per heavy atom. The largest absolute Gasteiger partial charge is 0.486 e. The zero-order chi connectivity index (χ0) is 12.5. The minimum absolute atomic E-state index is 0.395. The Morgan fingerprint density at radius 3 is 2.89 bits per heavy atom. The zero-order valence-electron chi connectivity index (χ0n) is 10.6. The van der Waals surface area contributed by atoms with Gasteiger partial charge in [-0.25, -0.2) is 0 Å². The van der Waals surface area contributed by atoms with Gasteiger partial charge >= 0.3 is 0 Å². The molecule has 1 N–H and O–H groups in total. The van der Waals surface area contributed by atoms with Gasteiger partial charge in [0.05, 0.1) is 0 Å². The number of hydrogen-bond acceptors (Lipinski definition) is 3. The summed E-state index contributed by atoms with van der Waals surface area (Å²) in [5, 5.41) is 3.60. The Balaban J connectivity index is 2.07. The maximum Gasteiger partial charge on any atom is 0.166 e. The minimum Gasteiger partial charge on any atom is -0.486 e. The molecular weight excluding hydrogens is 294 g/mol. The molecule has 3 rings (SSSR count). The number of rotatable bonds is 1. The Hall–Kier alpha value is -0.740. The Morgan fingerprint density at radius 2 is 2.11 bits per heavy atom. The van der Waals surface area contributed by atoms with Crippen LogP contribution in [0.15, 0.2) is 10.5 Å². The summed E-state index contributed by atoms with van der Waals surface area (Å²) in [6.07, 6.45) is 3.72. The van der Waals surface area contributed by atoms with Crippen molar-refractivity contribution < 1.29 is 9.47 Å². The molecule has 1 fully saturated rings. The van der Waals surface area contributed by atoms with E-state index in [4.69, 9.17) is 9.47 Å². The molecule has 0 radical (unpaired) electrons. The summed E-state index contributed by atoms with van der Waals surface area (Å²) in [5.41, 5.74) is 2.54. The van der Waals surface area contributed by atoms with Crippen molar-refractivity contribution in [2.75, 3.05) is 19.8 Å². The molecule has 2 aliphatic heterocycles. The van der Waals surface area contributed by atoms with E-state index in [9.17, 15) is 0 Å². The highest BCUT2D eigenvalue weighted by molar-refractivity contribution is 9.10. The van der Waals surface area contributed by atoms with Gasteiger partial charge in [-0.1, -0.05) is 22.4 Å². The molecule has 0 spiro atoms. The molecule has 0 bridgehead atoms. The molecular formula is C14H18BrNO2. The molecule has 1 aromatic carbocycles. The summed E-state index contributed by atoms with van der Waals surface area (Å²) in [4.78, 5) is 0. The van der Waals surface area contributed by atoms with Crippen molar-refractivity contribution in [1.82, 2.24) is 5.32 Å². The lowest BCUT2D eigenvalue weighted by molar-refractivity contribution is 0.167. The van der Waals surface area contributed by atoms with Gasteiger partial charge in [-0.05, 0) is 37.9 Å².